The summed E-state index contributed by atoms with van der Waals surface area (Å²) in [7, 11) is 1.81. The topological polar surface area (TPSA) is 78.2 Å². The van der Waals surface area contributed by atoms with Crippen molar-refractivity contribution in [3.63, 3.8) is 0 Å². The third-order valence-electron chi connectivity index (χ3n) is 4.55. The summed E-state index contributed by atoms with van der Waals surface area (Å²) in [5.74, 6) is 0.573. The number of hydrogen-bond donors (Lipinski definition) is 2. The van der Waals surface area contributed by atoms with Crippen LogP contribution in [0.4, 0.5) is 0 Å². The normalized spacial score (nSPS) is 15.5. The van der Waals surface area contributed by atoms with Crippen LogP contribution < -0.4 is 5.56 Å². The molecule has 0 bridgehead atoms. The standard InChI is InChI=1S/C17H21N3O3S/c1-20(7-4-11-5-8-23-9-6-11)16(22)12-2-3-13-14(10-12)18-17(24)19-15(13)21/h2-3,10-11H,4-9H2,1H3,(H2,18,19,21,24). The lowest BCUT2D eigenvalue weighted by Gasteiger charge is -2.25. The zero-order valence-electron chi connectivity index (χ0n) is 13.6. The van der Waals surface area contributed by atoms with Gasteiger partial charge in [0.25, 0.3) is 11.5 Å². The van der Waals surface area contributed by atoms with E-state index in [4.69, 9.17) is 17.0 Å². The average molecular weight is 347 g/mol. The van der Waals surface area contributed by atoms with Crippen LogP contribution in [0.2, 0.25) is 0 Å². The highest BCUT2D eigenvalue weighted by Crippen LogP contribution is 2.19. The second kappa shape index (κ2) is 7.27. The number of H-pyrrole nitrogens is 2. The molecule has 3 rings (SSSR count). The number of amides is 1. The van der Waals surface area contributed by atoms with Crippen LogP contribution >= 0.6 is 12.2 Å². The van der Waals surface area contributed by atoms with Gasteiger partial charge >= 0.3 is 0 Å². The number of benzene rings is 1. The van der Waals surface area contributed by atoms with E-state index >= 15 is 0 Å². The lowest BCUT2D eigenvalue weighted by Crippen LogP contribution is -2.30. The van der Waals surface area contributed by atoms with Crippen molar-refractivity contribution in [2.45, 2.75) is 19.3 Å². The van der Waals surface area contributed by atoms with Crippen molar-refractivity contribution in [3.05, 3.63) is 38.9 Å². The highest BCUT2D eigenvalue weighted by molar-refractivity contribution is 7.71. The second-order valence-electron chi connectivity index (χ2n) is 6.24. The number of carbonyl (C=O) groups is 1. The number of ether oxygens (including phenoxy) is 1. The number of carbonyl (C=O) groups excluding carboxylic acids is 1. The van der Waals surface area contributed by atoms with Crippen molar-refractivity contribution in [1.82, 2.24) is 14.9 Å². The van der Waals surface area contributed by atoms with Gasteiger partial charge in [-0.05, 0) is 55.6 Å². The number of nitrogens with zero attached hydrogens (tertiary/aromatic N) is 1. The minimum atomic E-state index is -0.249. The van der Waals surface area contributed by atoms with E-state index in [2.05, 4.69) is 9.97 Å². The fourth-order valence-electron chi connectivity index (χ4n) is 3.04. The van der Waals surface area contributed by atoms with Crippen molar-refractivity contribution in [3.8, 4) is 0 Å². The molecule has 128 valence electrons. The third-order valence-corrected chi connectivity index (χ3v) is 4.75. The van der Waals surface area contributed by atoms with Crippen molar-refractivity contribution in [2.24, 2.45) is 5.92 Å². The molecule has 0 radical (unpaired) electrons. The molecule has 0 saturated carbocycles. The molecule has 1 saturated heterocycles. The summed E-state index contributed by atoms with van der Waals surface area (Å²) in [6.07, 6.45) is 3.12. The molecule has 0 spiro atoms. The van der Waals surface area contributed by atoms with E-state index in [0.717, 1.165) is 32.5 Å². The Bertz CT molecular complexity index is 852. The molecule has 1 fully saturated rings. The van der Waals surface area contributed by atoms with E-state index in [1.807, 2.05) is 7.05 Å². The summed E-state index contributed by atoms with van der Waals surface area (Å²) in [5, 5.41) is 0.491. The maximum atomic E-state index is 12.6. The zero-order valence-corrected chi connectivity index (χ0v) is 14.4. The molecule has 2 aromatic rings. The molecule has 0 aliphatic carbocycles. The first-order valence-electron chi connectivity index (χ1n) is 8.14. The quantitative estimate of drug-likeness (QED) is 0.833. The first kappa shape index (κ1) is 16.9. The Morgan fingerprint density at radius 2 is 2.08 bits per heavy atom. The summed E-state index contributed by atoms with van der Waals surface area (Å²) in [5.41, 5.74) is 0.876. The summed E-state index contributed by atoms with van der Waals surface area (Å²) in [6.45, 7) is 2.36. The summed E-state index contributed by atoms with van der Waals surface area (Å²) in [6, 6.07) is 5.02. The monoisotopic (exact) mass is 347 g/mol. The van der Waals surface area contributed by atoms with Crippen LogP contribution in [-0.4, -0.2) is 47.6 Å². The van der Waals surface area contributed by atoms with E-state index in [0.29, 0.717) is 28.9 Å². The van der Waals surface area contributed by atoms with Crippen molar-refractivity contribution in [1.29, 1.82) is 0 Å². The largest absolute Gasteiger partial charge is 0.381 e. The Kier molecular flexibility index (Phi) is 5.11. The Hall–Kier alpha value is -1.99. The molecule has 0 atom stereocenters. The van der Waals surface area contributed by atoms with Gasteiger partial charge in [0.15, 0.2) is 4.77 Å². The van der Waals surface area contributed by atoms with E-state index in [9.17, 15) is 9.59 Å². The Balaban J connectivity index is 1.72. The SMILES string of the molecule is CN(CCC1CCOCC1)C(=O)c1ccc2c(=O)[nH]c(=S)[nH]c2c1. The number of hydrogen-bond acceptors (Lipinski definition) is 4. The first-order chi connectivity index (χ1) is 11.5. The van der Waals surface area contributed by atoms with Crippen molar-refractivity contribution < 1.29 is 9.53 Å². The molecule has 0 unspecified atom stereocenters. The summed E-state index contributed by atoms with van der Waals surface area (Å²) in [4.78, 5) is 31.6. The number of rotatable bonds is 4. The minimum Gasteiger partial charge on any atom is -0.381 e. The molecule has 24 heavy (non-hydrogen) atoms. The van der Waals surface area contributed by atoms with Crippen LogP contribution in [-0.2, 0) is 4.74 Å². The second-order valence-corrected chi connectivity index (χ2v) is 6.65. The van der Waals surface area contributed by atoms with Crippen LogP contribution in [0.15, 0.2) is 23.0 Å². The molecular weight excluding hydrogens is 326 g/mol. The van der Waals surface area contributed by atoms with Crippen LogP contribution in [0.3, 0.4) is 0 Å². The van der Waals surface area contributed by atoms with Gasteiger partial charge in [-0.25, -0.2) is 0 Å². The van der Waals surface area contributed by atoms with E-state index < -0.39 is 0 Å². The Morgan fingerprint density at radius 3 is 2.83 bits per heavy atom. The lowest BCUT2D eigenvalue weighted by atomic mass is 9.96. The molecule has 2 N–H and O–H groups in total. The molecular formula is C17H21N3O3S. The number of aromatic amines is 2. The highest BCUT2D eigenvalue weighted by Gasteiger charge is 2.17. The Morgan fingerprint density at radius 1 is 1.33 bits per heavy atom. The third kappa shape index (κ3) is 3.73. The molecule has 2 heterocycles. The highest BCUT2D eigenvalue weighted by atomic mass is 32.1. The van der Waals surface area contributed by atoms with Crippen molar-refractivity contribution in [2.75, 3.05) is 26.8 Å². The van der Waals surface area contributed by atoms with Crippen LogP contribution in [0.25, 0.3) is 10.9 Å². The van der Waals surface area contributed by atoms with Gasteiger partial charge in [0.1, 0.15) is 0 Å². The maximum Gasteiger partial charge on any atom is 0.259 e. The molecule has 1 amide bonds. The van der Waals surface area contributed by atoms with Gasteiger partial charge in [-0.15, -0.1) is 0 Å². The van der Waals surface area contributed by atoms with Gasteiger partial charge in [-0.3, -0.25) is 14.6 Å². The first-order valence-corrected chi connectivity index (χ1v) is 8.55. The predicted molar refractivity (Wildman–Crippen MR) is 94.9 cm³/mol. The Labute approximate surface area is 144 Å². The molecule has 7 heteroatoms. The number of fused-ring (bicyclic) bond motifs is 1. The van der Waals surface area contributed by atoms with Crippen LogP contribution in [0, 0.1) is 10.7 Å². The van der Waals surface area contributed by atoms with Gasteiger partial charge in [-0.1, -0.05) is 0 Å². The predicted octanol–water partition coefficient (Wildman–Crippen LogP) is 2.47. The summed E-state index contributed by atoms with van der Waals surface area (Å²) < 4.78 is 5.62. The van der Waals surface area contributed by atoms with E-state index in [1.165, 1.54) is 0 Å². The van der Waals surface area contributed by atoms with E-state index in [1.54, 1.807) is 23.1 Å². The molecule has 1 aliphatic heterocycles. The number of nitrogens with one attached hydrogen (secondary N) is 2. The van der Waals surface area contributed by atoms with Gasteiger partial charge < -0.3 is 14.6 Å². The lowest BCUT2D eigenvalue weighted by molar-refractivity contribution is 0.0583. The fraction of sp³-hybridized carbons (Fsp3) is 0.471. The van der Waals surface area contributed by atoms with Gasteiger partial charge in [0.05, 0.1) is 10.9 Å². The molecule has 1 aromatic carbocycles. The number of aromatic nitrogens is 2. The summed E-state index contributed by atoms with van der Waals surface area (Å²) >= 11 is 4.98. The molecule has 6 nitrogen and oxygen atoms in total. The maximum absolute atomic E-state index is 12.6. The smallest absolute Gasteiger partial charge is 0.259 e. The van der Waals surface area contributed by atoms with Crippen LogP contribution in [0.5, 0.6) is 0 Å². The van der Waals surface area contributed by atoms with Crippen LogP contribution in [0.1, 0.15) is 29.6 Å². The van der Waals surface area contributed by atoms with Crippen molar-refractivity contribution >= 4 is 29.0 Å². The van der Waals surface area contributed by atoms with Gasteiger partial charge in [0.2, 0.25) is 0 Å². The van der Waals surface area contributed by atoms with Gasteiger partial charge in [-0.2, -0.15) is 0 Å². The minimum absolute atomic E-state index is 0.0523. The average Bonchev–Trinajstić information content (AvgIpc) is 2.59. The molecule has 1 aromatic heterocycles. The molecule has 1 aliphatic rings. The van der Waals surface area contributed by atoms with Gasteiger partial charge in [0, 0.05) is 32.4 Å². The zero-order chi connectivity index (χ0) is 17.1. The van der Waals surface area contributed by atoms with E-state index in [-0.39, 0.29) is 16.2 Å². The fourth-order valence-corrected chi connectivity index (χ4v) is 3.24.